The van der Waals surface area contributed by atoms with Crippen molar-refractivity contribution in [3.05, 3.63) is 29.8 Å². The number of rotatable bonds is 8. The molecule has 4 nitrogen and oxygen atoms in total. The van der Waals surface area contributed by atoms with Crippen molar-refractivity contribution < 1.29 is 13.2 Å². The zero-order chi connectivity index (χ0) is 14.3. The van der Waals surface area contributed by atoms with Crippen LogP contribution in [0.5, 0.6) is 5.75 Å². The molecule has 19 heavy (non-hydrogen) atoms. The molecule has 0 spiro atoms. The monoisotopic (exact) mass is 285 g/mol. The Morgan fingerprint density at radius 2 is 2.11 bits per heavy atom. The molecule has 0 fully saturated rings. The minimum Gasteiger partial charge on any atom is -0.493 e. The number of sulfone groups is 1. The van der Waals surface area contributed by atoms with Gasteiger partial charge in [0.25, 0.3) is 0 Å². The summed E-state index contributed by atoms with van der Waals surface area (Å²) < 4.78 is 27.5. The Bertz CT molecular complexity index is 485. The van der Waals surface area contributed by atoms with Gasteiger partial charge in [0.05, 0.1) is 5.75 Å². The Morgan fingerprint density at radius 3 is 2.74 bits per heavy atom. The van der Waals surface area contributed by atoms with Crippen molar-refractivity contribution in [2.24, 2.45) is 0 Å². The van der Waals surface area contributed by atoms with Crippen molar-refractivity contribution in [3.8, 4) is 5.75 Å². The molecule has 5 heteroatoms. The van der Waals surface area contributed by atoms with Crippen LogP contribution < -0.4 is 10.1 Å². The fourth-order valence-corrected chi connectivity index (χ4v) is 2.05. The molecule has 1 atom stereocenters. The number of nitrogens with one attached hydrogen (secondary N) is 1. The largest absolute Gasteiger partial charge is 0.493 e. The standard InChI is InChI=1S/C14H23NO3S/c1-4-8-15-12(2)13-6-5-7-14(11-13)18-9-10-19(3,16)17/h5-7,11-12,15H,4,8-10H2,1-3H3. The van der Waals surface area contributed by atoms with Crippen LogP contribution in [0.1, 0.15) is 31.9 Å². The van der Waals surface area contributed by atoms with Gasteiger partial charge < -0.3 is 10.1 Å². The summed E-state index contributed by atoms with van der Waals surface area (Å²) in [6, 6.07) is 8.03. The highest BCUT2D eigenvalue weighted by atomic mass is 32.2. The summed E-state index contributed by atoms with van der Waals surface area (Å²) in [7, 11) is -2.97. The van der Waals surface area contributed by atoms with Crippen LogP contribution in [0.25, 0.3) is 0 Å². The van der Waals surface area contributed by atoms with E-state index in [0.29, 0.717) is 5.75 Å². The summed E-state index contributed by atoms with van der Waals surface area (Å²) in [4.78, 5) is 0. The third kappa shape index (κ3) is 6.59. The Morgan fingerprint density at radius 1 is 1.37 bits per heavy atom. The molecule has 0 aliphatic rings. The van der Waals surface area contributed by atoms with Crippen LogP contribution in [0.2, 0.25) is 0 Å². The highest BCUT2D eigenvalue weighted by Crippen LogP contribution is 2.19. The van der Waals surface area contributed by atoms with Gasteiger partial charge in [-0.05, 0) is 37.6 Å². The molecule has 0 aliphatic heterocycles. The third-order valence-electron chi connectivity index (χ3n) is 2.78. The van der Waals surface area contributed by atoms with E-state index in [4.69, 9.17) is 4.74 Å². The normalized spacial score (nSPS) is 13.2. The van der Waals surface area contributed by atoms with Crippen LogP contribution in [0.4, 0.5) is 0 Å². The molecule has 1 rings (SSSR count). The minimum atomic E-state index is -2.97. The predicted molar refractivity (Wildman–Crippen MR) is 78.4 cm³/mol. The van der Waals surface area contributed by atoms with Crippen LogP contribution in [-0.2, 0) is 9.84 Å². The maximum atomic E-state index is 11.0. The number of ether oxygens (including phenoxy) is 1. The number of hydrogen-bond acceptors (Lipinski definition) is 4. The summed E-state index contributed by atoms with van der Waals surface area (Å²) in [6.45, 7) is 5.40. The van der Waals surface area contributed by atoms with Gasteiger partial charge in [-0.2, -0.15) is 0 Å². The fraction of sp³-hybridized carbons (Fsp3) is 0.571. The van der Waals surface area contributed by atoms with Gasteiger partial charge in [0.2, 0.25) is 0 Å². The summed E-state index contributed by atoms with van der Waals surface area (Å²) in [5, 5.41) is 3.40. The molecule has 0 bridgehead atoms. The van der Waals surface area contributed by atoms with Crippen molar-refractivity contribution in [2.45, 2.75) is 26.3 Å². The van der Waals surface area contributed by atoms with Gasteiger partial charge >= 0.3 is 0 Å². The van der Waals surface area contributed by atoms with Crippen LogP contribution in [0.15, 0.2) is 24.3 Å². The average Bonchev–Trinajstić information content (AvgIpc) is 2.35. The van der Waals surface area contributed by atoms with Crippen LogP contribution in [-0.4, -0.2) is 33.6 Å². The Balaban J connectivity index is 2.56. The zero-order valence-electron chi connectivity index (χ0n) is 11.8. The summed E-state index contributed by atoms with van der Waals surface area (Å²) in [5.41, 5.74) is 1.14. The van der Waals surface area contributed by atoms with Crippen LogP contribution in [0.3, 0.4) is 0 Å². The predicted octanol–water partition coefficient (Wildman–Crippen LogP) is 2.17. The maximum Gasteiger partial charge on any atom is 0.150 e. The van der Waals surface area contributed by atoms with Crippen molar-refractivity contribution in [2.75, 3.05) is 25.2 Å². The second-order valence-corrected chi connectivity index (χ2v) is 6.99. The molecule has 0 amide bonds. The van der Waals surface area contributed by atoms with Crippen molar-refractivity contribution in [1.29, 1.82) is 0 Å². The molecule has 0 aromatic heterocycles. The smallest absolute Gasteiger partial charge is 0.150 e. The minimum absolute atomic E-state index is 0.0425. The van der Waals surface area contributed by atoms with Gasteiger partial charge in [-0.25, -0.2) is 8.42 Å². The highest BCUT2D eigenvalue weighted by molar-refractivity contribution is 7.90. The zero-order valence-corrected chi connectivity index (χ0v) is 12.7. The first-order valence-corrected chi connectivity index (χ1v) is 8.62. The molecule has 0 radical (unpaired) electrons. The van der Waals surface area contributed by atoms with Gasteiger partial charge in [-0.15, -0.1) is 0 Å². The van der Waals surface area contributed by atoms with E-state index < -0.39 is 9.84 Å². The topological polar surface area (TPSA) is 55.4 Å². The van der Waals surface area contributed by atoms with Gasteiger partial charge in [0.1, 0.15) is 12.4 Å². The maximum absolute atomic E-state index is 11.0. The van der Waals surface area contributed by atoms with Crippen LogP contribution in [0, 0.1) is 0 Å². The van der Waals surface area contributed by atoms with E-state index in [-0.39, 0.29) is 18.4 Å². The third-order valence-corrected chi connectivity index (χ3v) is 3.69. The van der Waals surface area contributed by atoms with Gasteiger partial charge in [-0.1, -0.05) is 19.1 Å². The van der Waals surface area contributed by atoms with Crippen LogP contribution >= 0.6 is 0 Å². The van der Waals surface area contributed by atoms with E-state index in [2.05, 4.69) is 19.2 Å². The molecule has 0 saturated carbocycles. The molecule has 1 aromatic carbocycles. The first-order valence-electron chi connectivity index (χ1n) is 6.56. The Hall–Kier alpha value is -1.07. The average molecular weight is 285 g/mol. The van der Waals surface area contributed by atoms with E-state index >= 15 is 0 Å². The SMILES string of the molecule is CCCNC(C)c1cccc(OCCS(C)(=O)=O)c1. The first kappa shape index (κ1) is 16.0. The summed E-state index contributed by atoms with van der Waals surface area (Å²) in [5.74, 6) is 0.757. The quantitative estimate of drug-likeness (QED) is 0.795. The molecular weight excluding hydrogens is 262 g/mol. The second-order valence-electron chi connectivity index (χ2n) is 4.73. The molecule has 1 unspecified atom stereocenters. The summed E-state index contributed by atoms with van der Waals surface area (Å²) >= 11 is 0. The van der Waals surface area contributed by atoms with Gasteiger partial charge in [-0.3, -0.25) is 0 Å². The van der Waals surface area contributed by atoms with Crippen molar-refractivity contribution in [3.63, 3.8) is 0 Å². The Kier molecular flexibility index (Phi) is 6.31. The number of benzene rings is 1. The second kappa shape index (κ2) is 7.50. The molecular formula is C14H23NO3S. The lowest BCUT2D eigenvalue weighted by molar-refractivity contribution is 0.340. The highest BCUT2D eigenvalue weighted by Gasteiger charge is 2.06. The van der Waals surface area contributed by atoms with E-state index in [9.17, 15) is 8.42 Å². The lowest BCUT2D eigenvalue weighted by atomic mass is 10.1. The lowest BCUT2D eigenvalue weighted by Crippen LogP contribution is -2.19. The van der Waals surface area contributed by atoms with E-state index in [0.717, 1.165) is 18.5 Å². The molecule has 108 valence electrons. The van der Waals surface area contributed by atoms with E-state index in [1.807, 2.05) is 24.3 Å². The first-order chi connectivity index (χ1) is 8.92. The molecule has 0 heterocycles. The van der Waals surface area contributed by atoms with Crippen molar-refractivity contribution >= 4 is 9.84 Å². The summed E-state index contributed by atoms with van der Waals surface area (Å²) in [6.07, 6.45) is 2.30. The number of hydrogen-bond donors (Lipinski definition) is 1. The Labute approximate surface area is 116 Å². The molecule has 0 saturated heterocycles. The molecule has 1 aromatic rings. The lowest BCUT2D eigenvalue weighted by Gasteiger charge is -2.15. The van der Waals surface area contributed by atoms with E-state index in [1.54, 1.807) is 0 Å². The fourth-order valence-electron chi connectivity index (χ4n) is 1.66. The van der Waals surface area contributed by atoms with Crippen molar-refractivity contribution in [1.82, 2.24) is 5.32 Å². The van der Waals surface area contributed by atoms with E-state index in [1.165, 1.54) is 6.26 Å². The molecule has 1 N–H and O–H groups in total. The molecule has 0 aliphatic carbocycles. The van der Waals surface area contributed by atoms with Gasteiger partial charge in [0.15, 0.2) is 9.84 Å². The van der Waals surface area contributed by atoms with Gasteiger partial charge in [0, 0.05) is 12.3 Å².